The second-order valence-corrected chi connectivity index (χ2v) is 8.96. The number of rotatable bonds is 4. The molecule has 1 aliphatic heterocycles. The first-order chi connectivity index (χ1) is 15.7. The lowest BCUT2D eigenvalue weighted by molar-refractivity contribution is 0.651. The number of hydrogen-bond donors (Lipinski definition) is 2. The number of fused-ring (bicyclic) bond motifs is 2. The second kappa shape index (κ2) is 8.67. The number of aliphatic imine (C=N–C) groups is 1. The lowest BCUT2D eigenvalue weighted by Crippen LogP contribution is -2.24. The fourth-order valence-electron chi connectivity index (χ4n) is 4.48. The maximum atomic E-state index is 4.56. The Morgan fingerprint density at radius 1 is 1.16 bits per heavy atom. The number of aromatic nitrogens is 4. The van der Waals surface area contributed by atoms with Gasteiger partial charge in [0.1, 0.15) is 11.0 Å². The van der Waals surface area contributed by atoms with E-state index in [-0.39, 0.29) is 5.92 Å². The molecule has 1 fully saturated rings. The number of hydrogen-bond acceptors (Lipinski definition) is 6. The molecule has 1 atom stereocenters. The topological polar surface area (TPSA) is 78.9 Å². The van der Waals surface area contributed by atoms with Crippen LogP contribution in [0.25, 0.3) is 32.4 Å². The van der Waals surface area contributed by atoms with Crippen molar-refractivity contribution in [1.82, 2.24) is 25.7 Å². The molecule has 4 aromatic rings. The Balaban J connectivity index is 1.61. The Bertz CT molecular complexity index is 1370. The number of allylic oxidation sites excluding steroid dienone is 2. The van der Waals surface area contributed by atoms with Gasteiger partial charge in [-0.2, -0.15) is 15.4 Å². The summed E-state index contributed by atoms with van der Waals surface area (Å²) in [5, 5.41) is 15.6. The molecule has 1 aliphatic rings. The number of nitrogens with one attached hydrogen (secondary N) is 2. The Morgan fingerprint density at radius 2 is 2.03 bits per heavy atom. The summed E-state index contributed by atoms with van der Waals surface area (Å²) >= 11 is 1.66. The summed E-state index contributed by atoms with van der Waals surface area (Å²) in [5.74, 6) is 0.186. The van der Waals surface area contributed by atoms with E-state index in [1.54, 1.807) is 11.3 Å². The fraction of sp³-hybridized carbons (Fsp3) is 0.280. The van der Waals surface area contributed by atoms with E-state index in [2.05, 4.69) is 68.8 Å². The van der Waals surface area contributed by atoms with Crippen LogP contribution in [0.15, 0.2) is 63.9 Å². The third-order valence-corrected chi connectivity index (χ3v) is 7.16. The Hall–Kier alpha value is -3.32. The zero-order valence-corrected chi connectivity index (χ0v) is 19.3. The molecule has 162 valence electrons. The molecule has 1 saturated heterocycles. The average Bonchev–Trinajstić information content (AvgIpc) is 3.51. The minimum absolute atomic E-state index is 0.186. The summed E-state index contributed by atoms with van der Waals surface area (Å²) < 4.78 is 1.17. The third-order valence-electron chi connectivity index (χ3n) is 6.29. The molecular weight excluding hydrogens is 416 g/mol. The Morgan fingerprint density at radius 3 is 2.91 bits per heavy atom. The van der Waals surface area contributed by atoms with Crippen molar-refractivity contribution in [3.63, 3.8) is 0 Å². The molecule has 0 saturated carbocycles. The van der Waals surface area contributed by atoms with Gasteiger partial charge in [-0.3, -0.25) is 4.99 Å². The van der Waals surface area contributed by atoms with Crippen LogP contribution in [-0.4, -0.2) is 33.2 Å². The van der Waals surface area contributed by atoms with E-state index in [9.17, 15) is 0 Å². The van der Waals surface area contributed by atoms with Gasteiger partial charge in [-0.25, -0.2) is 4.98 Å². The smallest absolute Gasteiger partial charge is 0.121 e. The van der Waals surface area contributed by atoms with E-state index >= 15 is 0 Å². The van der Waals surface area contributed by atoms with E-state index in [4.69, 9.17) is 0 Å². The summed E-state index contributed by atoms with van der Waals surface area (Å²) in [4.78, 5) is 8.84. The summed E-state index contributed by atoms with van der Waals surface area (Å²) in [7, 11) is 0. The minimum atomic E-state index is 0.186. The Kier molecular flexibility index (Phi) is 5.57. The molecule has 2 N–H and O–H groups in total. The number of piperidine rings is 1. The summed E-state index contributed by atoms with van der Waals surface area (Å²) in [6.45, 7) is 7.39. The van der Waals surface area contributed by atoms with Crippen molar-refractivity contribution in [1.29, 1.82) is 0 Å². The van der Waals surface area contributed by atoms with Crippen LogP contribution in [-0.2, 0) is 0 Å². The van der Waals surface area contributed by atoms with E-state index in [0.29, 0.717) is 0 Å². The number of aromatic amines is 1. The third kappa shape index (κ3) is 3.52. The van der Waals surface area contributed by atoms with Gasteiger partial charge in [0, 0.05) is 41.7 Å². The number of H-pyrrole nitrogens is 1. The first kappa shape index (κ1) is 20.6. The average molecular weight is 443 g/mol. The molecule has 0 spiro atoms. The van der Waals surface area contributed by atoms with Crippen LogP contribution in [0.4, 0.5) is 0 Å². The highest BCUT2D eigenvalue weighted by Gasteiger charge is 2.22. The molecule has 0 aliphatic carbocycles. The van der Waals surface area contributed by atoms with Gasteiger partial charge in [0.15, 0.2) is 0 Å². The highest BCUT2D eigenvalue weighted by Crippen LogP contribution is 2.39. The monoisotopic (exact) mass is 442 g/mol. The van der Waals surface area contributed by atoms with E-state index < -0.39 is 0 Å². The van der Waals surface area contributed by atoms with Crippen molar-refractivity contribution in [3.8, 4) is 11.1 Å². The van der Waals surface area contributed by atoms with Gasteiger partial charge in [0.2, 0.25) is 0 Å². The molecule has 0 radical (unpaired) electrons. The van der Waals surface area contributed by atoms with E-state index in [1.165, 1.54) is 27.1 Å². The number of thiazole rings is 1. The molecule has 6 nitrogen and oxygen atoms in total. The van der Waals surface area contributed by atoms with Gasteiger partial charge in [0.25, 0.3) is 0 Å². The molecule has 3 heterocycles. The van der Waals surface area contributed by atoms with Crippen molar-refractivity contribution in [2.45, 2.75) is 39.5 Å². The molecule has 5 rings (SSSR count). The van der Waals surface area contributed by atoms with Gasteiger partial charge in [-0.15, -0.1) is 11.3 Å². The summed E-state index contributed by atoms with van der Waals surface area (Å²) in [6.07, 6.45) is 5.99. The standard InChI is InChI=1S/C25H26N6S/c1-4-26-13-17-7-6-12-27-22(17)16(3)15(2)18-10-11-19(24-23(18)29-31-30-24)20-8-5-9-21-25(20)32-14-28-21/h4-5,8-11,13-15,27H,6-7,12H2,1-3H3,(H,29,30,31)/b17-13-,22-16-,26-4?. The summed E-state index contributed by atoms with van der Waals surface area (Å²) in [5.41, 5.74) is 11.9. The highest BCUT2D eigenvalue weighted by molar-refractivity contribution is 7.17. The zero-order valence-electron chi connectivity index (χ0n) is 18.5. The van der Waals surface area contributed by atoms with Crippen LogP contribution in [0.3, 0.4) is 0 Å². The van der Waals surface area contributed by atoms with Crippen LogP contribution in [0.1, 0.15) is 45.1 Å². The van der Waals surface area contributed by atoms with E-state index in [0.717, 1.165) is 47.1 Å². The number of benzene rings is 2. The maximum Gasteiger partial charge on any atom is 0.121 e. The van der Waals surface area contributed by atoms with Crippen LogP contribution < -0.4 is 5.32 Å². The second-order valence-electron chi connectivity index (χ2n) is 8.10. The molecular formula is C25H26N6S. The molecule has 7 heteroatoms. The normalized spacial score (nSPS) is 18.5. The lowest BCUT2D eigenvalue weighted by atomic mass is 9.87. The molecule has 2 aromatic heterocycles. The van der Waals surface area contributed by atoms with Crippen molar-refractivity contribution < 1.29 is 0 Å². The zero-order chi connectivity index (χ0) is 22.1. The quantitative estimate of drug-likeness (QED) is 0.382. The Labute approximate surface area is 191 Å². The van der Waals surface area contributed by atoms with E-state index in [1.807, 2.05) is 30.9 Å². The molecule has 1 unspecified atom stereocenters. The largest absolute Gasteiger partial charge is 0.385 e. The van der Waals surface area contributed by atoms with Crippen LogP contribution >= 0.6 is 11.3 Å². The SMILES string of the molecule is CC=N/C=C1/CCCN/C1=C(/C)C(C)c1ccc(-c2cccc3ncsc23)c2n[nH]nc12. The summed E-state index contributed by atoms with van der Waals surface area (Å²) in [6, 6.07) is 10.6. The molecule has 32 heavy (non-hydrogen) atoms. The predicted octanol–water partition coefficient (Wildman–Crippen LogP) is 5.97. The molecule has 2 aromatic carbocycles. The fourth-order valence-corrected chi connectivity index (χ4v) is 5.30. The van der Waals surface area contributed by atoms with Crippen molar-refractivity contribution in [2.24, 2.45) is 4.99 Å². The van der Waals surface area contributed by atoms with Gasteiger partial charge >= 0.3 is 0 Å². The predicted molar refractivity (Wildman–Crippen MR) is 133 cm³/mol. The lowest BCUT2D eigenvalue weighted by Gasteiger charge is -2.25. The van der Waals surface area contributed by atoms with Gasteiger partial charge in [-0.1, -0.05) is 31.2 Å². The minimum Gasteiger partial charge on any atom is -0.385 e. The maximum absolute atomic E-state index is 4.56. The van der Waals surface area contributed by atoms with Crippen molar-refractivity contribution in [3.05, 3.63) is 64.4 Å². The van der Waals surface area contributed by atoms with Crippen molar-refractivity contribution >= 4 is 38.8 Å². The van der Waals surface area contributed by atoms with Gasteiger partial charge in [0.05, 0.1) is 15.7 Å². The first-order valence-corrected chi connectivity index (χ1v) is 11.8. The van der Waals surface area contributed by atoms with Crippen LogP contribution in [0.2, 0.25) is 0 Å². The number of nitrogens with zero attached hydrogens (tertiary/aromatic N) is 4. The molecule has 0 bridgehead atoms. The van der Waals surface area contributed by atoms with Crippen LogP contribution in [0, 0.1) is 0 Å². The van der Waals surface area contributed by atoms with Crippen molar-refractivity contribution in [2.75, 3.05) is 6.54 Å². The van der Waals surface area contributed by atoms with Crippen LogP contribution in [0.5, 0.6) is 0 Å². The molecule has 0 amide bonds. The van der Waals surface area contributed by atoms with Gasteiger partial charge < -0.3 is 5.32 Å². The first-order valence-electron chi connectivity index (χ1n) is 11.0. The highest BCUT2D eigenvalue weighted by atomic mass is 32.1. The van der Waals surface area contributed by atoms with Gasteiger partial charge in [-0.05, 0) is 49.5 Å².